The standard InChI is InChI=1S/C14H34N4S/c1-15(2)7-9-18(10-8-16(3)4)12-14-19-13-11-17(5)6/h7-14H2,1-6H3. The van der Waals surface area contributed by atoms with Crippen LogP contribution in [0.3, 0.4) is 0 Å². The van der Waals surface area contributed by atoms with Crippen molar-refractivity contribution in [2.75, 3.05) is 93.1 Å². The number of rotatable bonds is 12. The molecule has 0 aliphatic carbocycles. The molecular weight excluding hydrogens is 256 g/mol. The topological polar surface area (TPSA) is 13.0 Å². The van der Waals surface area contributed by atoms with Gasteiger partial charge in [-0.25, -0.2) is 0 Å². The van der Waals surface area contributed by atoms with Gasteiger partial charge in [0.1, 0.15) is 0 Å². The lowest BCUT2D eigenvalue weighted by molar-refractivity contribution is 0.228. The molecular formula is C14H34N4S. The Morgan fingerprint density at radius 3 is 1.37 bits per heavy atom. The third kappa shape index (κ3) is 14.4. The highest BCUT2D eigenvalue weighted by atomic mass is 32.2. The summed E-state index contributed by atoms with van der Waals surface area (Å²) in [5.74, 6) is 2.48. The van der Waals surface area contributed by atoms with Crippen molar-refractivity contribution in [3.8, 4) is 0 Å². The van der Waals surface area contributed by atoms with Crippen LogP contribution in [0.5, 0.6) is 0 Å². The molecule has 0 radical (unpaired) electrons. The quantitative estimate of drug-likeness (QED) is 0.490. The molecule has 0 aromatic carbocycles. The van der Waals surface area contributed by atoms with Gasteiger partial charge < -0.3 is 14.7 Å². The van der Waals surface area contributed by atoms with Crippen molar-refractivity contribution < 1.29 is 0 Å². The van der Waals surface area contributed by atoms with Crippen LogP contribution < -0.4 is 0 Å². The second kappa shape index (κ2) is 12.0. The molecule has 0 aliphatic rings. The van der Waals surface area contributed by atoms with Crippen molar-refractivity contribution in [2.45, 2.75) is 0 Å². The maximum atomic E-state index is 2.59. The van der Waals surface area contributed by atoms with Crippen LogP contribution in [0.25, 0.3) is 0 Å². The Morgan fingerprint density at radius 1 is 0.526 bits per heavy atom. The summed E-state index contributed by atoms with van der Waals surface area (Å²) in [7, 11) is 12.9. The van der Waals surface area contributed by atoms with E-state index in [1.165, 1.54) is 37.7 Å². The maximum absolute atomic E-state index is 2.59. The summed E-state index contributed by atoms with van der Waals surface area (Å²) < 4.78 is 0. The number of hydrogen-bond donors (Lipinski definition) is 0. The molecule has 0 fully saturated rings. The maximum Gasteiger partial charge on any atom is 0.0110 e. The SMILES string of the molecule is CN(C)CCSCCN(CCN(C)C)CCN(C)C. The minimum atomic E-state index is 1.15. The van der Waals surface area contributed by atoms with Gasteiger partial charge in [-0.15, -0.1) is 0 Å². The van der Waals surface area contributed by atoms with Crippen molar-refractivity contribution in [3.63, 3.8) is 0 Å². The largest absolute Gasteiger partial charge is 0.309 e. The predicted molar refractivity (Wildman–Crippen MR) is 89.4 cm³/mol. The van der Waals surface area contributed by atoms with Gasteiger partial charge in [0.05, 0.1) is 0 Å². The van der Waals surface area contributed by atoms with Crippen LogP contribution in [-0.2, 0) is 0 Å². The van der Waals surface area contributed by atoms with Crippen molar-refractivity contribution in [2.24, 2.45) is 0 Å². The Kier molecular flexibility index (Phi) is 12.1. The molecule has 0 bridgehead atoms. The van der Waals surface area contributed by atoms with E-state index in [9.17, 15) is 0 Å². The molecule has 116 valence electrons. The molecule has 4 nitrogen and oxygen atoms in total. The summed E-state index contributed by atoms with van der Waals surface area (Å²) in [6.45, 7) is 7.04. The van der Waals surface area contributed by atoms with Crippen molar-refractivity contribution >= 4 is 11.8 Å². The lowest BCUT2D eigenvalue weighted by Crippen LogP contribution is -2.37. The van der Waals surface area contributed by atoms with E-state index in [0.717, 1.165) is 13.1 Å². The smallest absolute Gasteiger partial charge is 0.0110 e. The highest BCUT2D eigenvalue weighted by molar-refractivity contribution is 7.99. The van der Waals surface area contributed by atoms with Crippen LogP contribution in [0, 0.1) is 0 Å². The second-order valence-corrected chi connectivity index (χ2v) is 7.09. The number of likely N-dealkylation sites (N-methyl/N-ethyl adjacent to an activating group) is 2. The van der Waals surface area contributed by atoms with Gasteiger partial charge in [-0.1, -0.05) is 0 Å². The summed E-state index contributed by atoms with van der Waals surface area (Å²) in [5, 5.41) is 0. The molecule has 0 N–H and O–H groups in total. The van der Waals surface area contributed by atoms with E-state index >= 15 is 0 Å². The summed E-state index contributed by atoms with van der Waals surface area (Å²) in [5.41, 5.74) is 0. The van der Waals surface area contributed by atoms with Gasteiger partial charge in [0, 0.05) is 50.8 Å². The van der Waals surface area contributed by atoms with E-state index in [4.69, 9.17) is 0 Å². The second-order valence-electron chi connectivity index (χ2n) is 5.86. The third-order valence-corrected chi connectivity index (χ3v) is 3.90. The monoisotopic (exact) mass is 290 g/mol. The average Bonchev–Trinajstić information content (AvgIpc) is 2.30. The van der Waals surface area contributed by atoms with E-state index in [1.54, 1.807) is 0 Å². The zero-order valence-electron chi connectivity index (χ0n) is 13.9. The first-order valence-corrected chi connectivity index (χ1v) is 8.31. The summed E-state index contributed by atoms with van der Waals surface area (Å²) >= 11 is 2.07. The van der Waals surface area contributed by atoms with Crippen LogP contribution in [0.1, 0.15) is 0 Å². The van der Waals surface area contributed by atoms with E-state index in [0.29, 0.717) is 0 Å². The number of thioether (sulfide) groups is 1. The molecule has 0 aromatic heterocycles. The fourth-order valence-electron chi connectivity index (χ4n) is 1.56. The first kappa shape index (κ1) is 19.2. The lowest BCUT2D eigenvalue weighted by atomic mass is 10.4. The summed E-state index contributed by atoms with van der Waals surface area (Å²) in [6.07, 6.45) is 0. The van der Waals surface area contributed by atoms with Gasteiger partial charge in [0.15, 0.2) is 0 Å². The normalized spacial score (nSPS) is 12.3. The molecule has 0 amide bonds. The Hall–Kier alpha value is 0.190. The Morgan fingerprint density at radius 2 is 0.947 bits per heavy atom. The molecule has 0 atom stereocenters. The van der Waals surface area contributed by atoms with Gasteiger partial charge in [-0.05, 0) is 42.3 Å². The molecule has 0 aliphatic heterocycles. The van der Waals surface area contributed by atoms with Crippen LogP contribution in [0.2, 0.25) is 0 Å². The van der Waals surface area contributed by atoms with Crippen LogP contribution >= 0.6 is 11.8 Å². The molecule has 0 saturated carbocycles. The first-order valence-electron chi connectivity index (χ1n) is 7.16. The van der Waals surface area contributed by atoms with E-state index in [1.807, 2.05) is 0 Å². The summed E-state index contributed by atoms with van der Waals surface area (Å²) in [6, 6.07) is 0. The molecule has 19 heavy (non-hydrogen) atoms. The molecule has 0 aromatic rings. The lowest BCUT2D eigenvalue weighted by Gasteiger charge is -2.25. The van der Waals surface area contributed by atoms with Crippen LogP contribution in [0.15, 0.2) is 0 Å². The van der Waals surface area contributed by atoms with Gasteiger partial charge in [-0.3, -0.25) is 4.90 Å². The fraction of sp³-hybridized carbons (Fsp3) is 1.00. The minimum absolute atomic E-state index is 1.15. The average molecular weight is 291 g/mol. The summed E-state index contributed by atoms with van der Waals surface area (Å²) in [4.78, 5) is 9.37. The Labute approximate surface area is 125 Å². The van der Waals surface area contributed by atoms with Crippen LogP contribution in [-0.4, -0.2) is 113 Å². The zero-order valence-corrected chi connectivity index (χ0v) is 14.7. The molecule has 0 saturated heterocycles. The number of hydrogen-bond acceptors (Lipinski definition) is 5. The molecule has 0 unspecified atom stereocenters. The Balaban J connectivity index is 3.77. The molecule has 0 heterocycles. The van der Waals surface area contributed by atoms with Gasteiger partial charge in [0.25, 0.3) is 0 Å². The highest BCUT2D eigenvalue weighted by Crippen LogP contribution is 2.02. The van der Waals surface area contributed by atoms with Crippen LogP contribution in [0.4, 0.5) is 0 Å². The molecule has 0 spiro atoms. The number of nitrogens with zero attached hydrogens (tertiary/aromatic N) is 4. The first-order chi connectivity index (χ1) is 8.91. The van der Waals surface area contributed by atoms with E-state index in [2.05, 4.69) is 73.6 Å². The van der Waals surface area contributed by atoms with E-state index in [-0.39, 0.29) is 0 Å². The Bertz CT molecular complexity index is 186. The van der Waals surface area contributed by atoms with E-state index < -0.39 is 0 Å². The van der Waals surface area contributed by atoms with Crippen molar-refractivity contribution in [1.29, 1.82) is 0 Å². The fourth-order valence-corrected chi connectivity index (χ4v) is 2.65. The highest BCUT2D eigenvalue weighted by Gasteiger charge is 2.06. The zero-order chi connectivity index (χ0) is 14.7. The molecule has 5 heteroatoms. The van der Waals surface area contributed by atoms with Gasteiger partial charge >= 0.3 is 0 Å². The molecule has 0 rings (SSSR count). The van der Waals surface area contributed by atoms with Gasteiger partial charge in [-0.2, -0.15) is 11.8 Å². The minimum Gasteiger partial charge on any atom is -0.309 e. The third-order valence-electron chi connectivity index (χ3n) is 2.96. The predicted octanol–water partition coefficient (Wildman–Crippen LogP) is 0.706. The van der Waals surface area contributed by atoms with Crippen molar-refractivity contribution in [3.05, 3.63) is 0 Å². The van der Waals surface area contributed by atoms with Crippen molar-refractivity contribution in [1.82, 2.24) is 19.6 Å². The van der Waals surface area contributed by atoms with Gasteiger partial charge in [0.2, 0.25) is 0 Å².